The van der Waals surface area contributed by atoms with Gasteiger partial charge in [0.2, 0.25) is 5.91 Å². The maximum Gasteiger partial charge on any atom is 0.239 e. The Hall–Kier alpha value is -2.02. The lowest BCUT2D eigenvalue weighted by atomic mass is 10.1. The molecule has 0 saturated heterocycles. The summed E-state index contributed by atoms with van der Waals surface area (Å²) >= 11 is 0. The smallest absolute Gasteiger partial charge is 0.239 e. The minimum Gasteiger partial charge on any atom is -0.494 e. The van der Waals surface area contributed by atoms with Crippen molar-refractivity contribution in [1.29, 1.82) is 5.26 Å². The molecule has 1 amide bonds. The highest BCUT2D eigenvalue weighted by Crippen LogP contribution is 2.14. The zero-order chi connectivity index (χ0) is 14.3. The van der Waals surface area contributed by atoms with Crippen LogP contribution in [0.1, 0.15) is 25.8 Å². The largest absolute Gasteiger partial charge is 0.494 e. The number of nitrogens with zero attached hydrogens (tertiary/aromatic N) is 2. The van der Waals surface area contributed by atoms with E-state index in [0.717, 1.165) is 11.3 Å². The van der Waals surface area contributed by atoms with Crippen molar-refractivity contribution in [3.05, 3.63) is 29.8 Å². The lowest BCUT2D eigenvalue weighted by molar-refractivity contribution is -0.133. The molecule has 19 heavy (non-hydrogen) atoms. The maximum atomic E-state index is 12.0. The van der Waals surface area contributed by atoms with Crippen LogP contribution in [0.2, 0.25) is 0 Å². The summed E-state index contributed by atoms with van der Waals surface area (Å²) in [5.41, 5.74) is 1.02. The van der Waals surface area contributed by atoms with Gasteiger partial charge in [-0.1, -0.05) is 19.1 Å². The lowest BCUT2D eigenvalue weighted by Crippen LogP contribution is -2.31. The Labute approximate surface area is 114 Å². The van der Waals surface area contributed by atoms with Gasteiger partial charge in [-0.15, -0.1) is 0 Å². The quantitative estimate of drug-likeness (QED) is 0.790. The van der Waals surface area contributed by atoms with E-state index in [-0.39, 0.29) is 5.91 Å². The van der Waals surface area contributed by atoms with E-state index in [4.69, 9.17) is 10.00 Å². The van der Waals surface area contributed by atoms with E-state index in [0.29, 0.717) is 19.6 Å². The Balaban J connectivity index is 2.64. The molecule has 0 fully saturated rings. The summed E-state index contributed by atoms with van der Waals surface area (Å²) < 4.78 is 5.36. The first kappa shape index (κ1) is 15.0. The van der Waals surface area contributed by atoms with Crippen LogP contribution in [0, 0.1) is 17.2 Å². The molecule has 0 N–H and O–H groups in total. The molecule has 0 radical (unpaired) electrons. The van der Waals surface area contributed by atoms with Crippen LogP contribution in [0.4, 0.5) is 0 Å². The van der Waals surface area contributed by atoms with Crippen LogP contribution >= 0.6 is 0 Å². The first-order valence-corrected chi connectivity index (χ1v) is 6.48. The summed E-state index contributed by atoms with van der Waals surface area (Å²) in [4.78, 5) is 13.5. The monoisotopic (exact) mass is 260 g/mol. The van der Waals surface area contributed by atoms with Crippen LogP contribution in [0.15, 0.2) is 24.3 Å². The number of nitriles is 1. The molecular formula is C15H20N2O2. The second-order valence-electron chi connectivity index (χ2n) is 4.36. The number of hydrogen-bond acceptors (Lipinski definition) is 3. The molecule has 102 valence electrons. The fraction of sp³-hybridized carbons (Fsp3) is 0.467. The van der Waals surface area contributed by atoms with Crippen molar-refractivity contribution in [2.45, 2.75) is 26.8 Å². The van der Waals surface area contributed by atoms with Gasteiger partial charge in [0.05, 0.1) is 12.7 Å². The standard InChI is InChI=1S/C15H20N2O2/c1-4-13(10-16)15(18)17(3)11-12-6-8-14(9-7-12)19-5-2/h6-9,13H,4-5,11H2,1-3H3. The van der Waals surface area contributed by atoms with Gasteiger partial charge in [-0.2, -0.15) is 5.26 Å². The van der Waals surface area contributed by atoms with Gasteiger partial charge in [-0.05, 0) is 31.0 Å². The average molecular weight is 260 g/mol. The van der Waals surface area contributed by atoms with Gasteiger partial charge in [-0.25, -0.2) is 0 Å². The van der Waals surface area contributed by atoms with Gasteiger partial charge in [0.1, 0.15) is 11.7 Å². The maximum absolute atomic E-state index is 12.0. The van der Waals surface area contributed by atoms with Crippen molar-refractivity contribution in [3.8, 4) is 11.8 Å². The molecule has 0 aliphatic carbocycles. The normalized spacial score (nSPS) is 11.5. The van der Waals surface area contributed by atoms with E-state index in [1.807, 2.05) is 44.2 Å². The molecule has 4 heteroatoms. The number of hydrogen-bond donors (Lipinski definition) is 0. The highest BCUT2D eigenvalue weighted by molar-refractivity contribution is 5.80. The highest BCUT2D eigenvalue weighted by Gasteiger charge is 2.19. The Morgan fingerprint density at radius 3 is 2.47 bits per heavy atom. The van der Waals surface area contributed by atoms with Gasteiger partial charge < -0.3 is 9.64 Å². The lowest BCUT2D eigenvalue weighted by Gasteiger charge is -2.19. The van der Waals surface area contributed by atoms with E-state index < -0.39 is 5.92 Å². The Kier molecular flexibility index (Phi) is 5.87. The van der Waals surface area contributed by atoms with E-state index in [1.165, 1.54) is 0 Å². The first-order valence-electron chi connectivity index (χ1n) is 6.48. The van der Waals surface area contributed by atoms with Crippen molar-refractivity contribution in [2.24, 2.45) is 5.92 Å². The third-order valence-corrected chi connectivity index (χ3v) is 2.89. The number of carbonyl (C=O) groups is 1. The van der Waals surface area contributed by atoms with Gasteiger partial charge >= 0.3 is 0 Å². The number of rotatable bonds is 6. The van der Waals surface area contributed by atoms with Crippen molar-refractivity contribution >= 4 is 5.91 Å². The molecule has 1 rings (SSSR count). The van der Waals surface area contributed by atoms with Crippen LogP contribution in [0.5, 0.6) is 5.75 Å². The third kappa shape index (κ3) is 4.29. The molecule has 0 aliphatic rings. The Morgan fingerprint density at radius 2 is 2.00 bits per heavy atom. The van der Waals surface area contributed by atoms with Crippen molar-refractivity contribution < 1.29 is 9.53 Å². The zero-order valence-corrected chi connectivity index (χ0v) is 11.7. The van der Waals surface area contributed by atoms with E-state index in [2.05, 4.69) is 0 Å². The SMILES string of the molecule is CCOc1ccc(CN(C)C(=O)C(C#N)CC)cc1. The van der Waals surface area contributed by atoms with Crippen LogP contribution in [0.3, 0.4) is 0 Å². The molecule has 0 aromatic heterocycles. The van der Waals surface area contributed by atoms with Gasteiger partial charge in [0.25, 0.3) is 0 Å². The number of benzene rings is 1. The molecule has 0 spiro atoms. The minimum absolute atomic E-state index is 0.126. The second kappa shape index (κ2) is 7.42. The summed E-state index contributed by atoms with van der Waals surface area (Å²) in [6.07, 6.45) is 0.545. The third-order valence-electron chi connectivity index (χ3n) is 2.89. The van der Waals surface area contributed by atoms with Crippen molar-refractivity contribution in [1.82, 2.24) is 4.90 Å². The molecule has 0 heterocycles. The fourth-order valence-electron chi connectivity index (χ4n) is 1.80. The van der Waals surface area contributed by atoms with Gasteiger partial charge in [0, 0.05) is 13.6 Å². The van der Waals surface area contributed by atoms with Gasteiger partial charge in [-0.3, -0.25) is 4.79 Å². The zero-order valence-electron chi connectivity index (χ0n) is 11.7. The van der Waals surface area contributed by atoms with Crippen molar-refractivity contribution in [2.75, 3.05) is 13.7 Å². The molecule has 0 aliphatic heterocycles. The summed E-state index contributed by atoms with van der Waals surface area (Å²) in [6.45, 7) is 4.92. The Bertz CT molecular complexity index is 448. The molecule has 0 bridgehead atoms. The Morgan fingerprint density at radius 1 is 1.37 bits per heavy atom. The number of ether oxygens (including phenoxy) is 1. The second-order valence-corrected chi connectivity index (χ2v) is 4.36. The molecule has 1 aromatic carbocycles. The predicted molar refractivity (Wildman–Crippen MR) is 73.5 cm³/mol. The van der Waals surface area contributed by atoms with Crippen LogP contribution in [0.25, 0.3) is 0 Å². The summed E-state index contributed by atoms with van der Waals surface area (Å²) in [6, 6.07) is 9.67. The van der Waals surface area contributed by atoms with Gasteiger partial charge in [0.15, 0.2) is 0 Å². The predicted octanol–water partition coefficient (Wildman–Crippen LogP) is 2.59. The highest BCUT2D eigenvalue weighted by atomic mass is 16.5. The molecule has 1 unspecified atom stereocenters. The van der Waals surface area contributed by atoms with Crippen LogP contribution in [-0.4, -0.2) is 24.5 Å². The van der Waals surface area contributed by atoms with Crippen LogP contribution < -0.4 is 4.74 Å². The van der Waals surface area contributed by atoms with E-state index in [1.54, 1.807) is 11.9 Å². The average Bonchev–Trinajstić information content (AvgIpc) is 2.42. The summed E-state index contributed by atoms with van der Waals surface area (Å²) in [5, 5.41) is 8.89. The molecule has 0 saturated carbocycles. The topological polar surface area (TPSA) is 53.3 Å². The number of amides is 1. The first-order chi connectivity index (χ1) is 9.12. The summed E-state index contributed by atoms with van der Waals surface area (Å²) in [7, 11) is 1.72. The molecule has 1 atom stereocenters. The van der Waals surface area contributed by atoms with Crippen molar-refractivity contribution in [3.63, 3.8) is 0 Å². The molecule has 4 nitrogen and oxygen atoms in total. The van der Waals surface area contributed by atoms with E-state index in [9.17, 15) is 4.79 Å². The summed E-state index contributed by atoms with van der Waals surface area (Å²) in [5.74, 6) is 0.148. The van der Waals surface area contributed by atoms with E-state index >= 15 is 0 Å². The van der Waals surface area contributed by atoms with Crippen LogP contribution in [-0.2, 0) is 11.3 Å². The molecular weight excluding hydrogens is 240 g/mol. The minimum atomic E-state index is -0.548. The number of carbonyl (C=O) groups excluding carboxylic acids is 1. The molecule has 1 aromatic rings. The fourth-order valence-corrected chi connectivity index (χ4v) is 1.80.